The Bertz CT molecular complexity index is 437. The van der Waals surface area contributed by atoms with Gasteiger partial charge in [-0.15, -0.1) is 12.4 Å². The highest BCUT2D eigenvalue weighted by atomic mass is 35.5. The first kappa shape index (κ1) is 17.3. The fourth-order valence-corrected chi connectivity index (χ4v) is 2.55. The third-order valence-electron chi connectivity index (χ3n) is 3.64. The van der Waals surface area contributed by atoms with E-state index in [0.29, 0.717) is 0 Å². The summed E-state index contributed by atoms with van der Waals surface area (Å²) in [6.07, 6.45) is 0.194. The van der Waals surface area contributed by atoms with E-state index < -0.39 is 18.3 Å². The summed E-state index contributed by atoms with van der Waals surface area (Å²) in [5, 5.41) is 3.20. The molecule has 6 heteroatoms. The SMILES string of the molecule is Cc1ccc([C@@H](CCF)N2CCNCC2)c(F)c1F.Cl. The highest BCUT2D eigenvalue weighted by Gasteiger charge is 2.26. The van der Waals surface area contributed by atoms with Gasteiger partial charge in [-0.1, -0.05) is 12.1 Å². The smallest absolute Gasteiger partial charge is 0.163 e. The summed E-state index contributed by atoms with van der Waals surface area (Å²) in [6.45, 7) is 4.01. The molecule has 1 aromatic rings. The van der Waals surface area contributed by atoms with E-state index in [9.17, 15) is 13.2 Å². The first-order valence-corrected chi connectivity index (χ1v) is 6.60. The monoisotopic (exact) mass is 308 g/mol. The summed E-state index contributed by atoms with van der Waals surface area (Å²) < 4.78 is 40.4. The molecule has 2 nitrogen and oxygen atoms in total. The number of hydrogen-bond acceptors (Lipinski definition) is 2. The number of nitrogens with zero attached hydrogens (tertiary/aromatic N) is 1. The van der Waals surface area contributed by atoms with Crippen molar-refractivity contribution in [3.05, 3.63) is 34.9 Å². The lowest BCUT2D eigenvalue weighted by Crippen LogP contribution is -2.45. The lowest BCUT2D eigenvalue weighted by molar-refractivity contribution is 0.153. The summed E-state index contributed by atoms with van der Waals surface area (Å²) in [5.41, 5.74) is 0.545. The van der Waals surface area contributed by atoms with Crippen molar-refractivity contribution in [3.63, 3.8) is 0 Å². The molecule has 0 amide bonds. The molecule has 1 N–H and O–H groups in total. The van der Waals surface area contributed by atoms with Gasteiger partial charge in [0, 0.05) is 37.8 Å². The maximum absolute atomic E-state index is 14.1. The van der Waals surface area contributed by atoms with Crippen molar-refractivity contribution in [2.45, 2.75) is 19.4 Å². The van der Waals surface area contributed by atoms with Crippen molar-refractivity contribution in [3.8, 4) is 0 Å². The Balaban J connectivity index is 0.00000200. The molecule has 0 aliphatic carbocycles. The molecule has 0 spiro atoms. The molecule has 2 rings (SSSR count). The number of hydrogen-bond donors (Lipinski definition) is 1. The van der Waals surface area contributed by atoms with Gasteiger partial charge in [-0.3, -0.25) is 9.29 Å². The quantitative estimate of drug-likeness (QED) is 0.920. The van der Waals surface area contributed by atoms with E-state index in [1.807, 2.05) is 4.90 Å². The van der Waals surface area contributed by atoms with Gasteiger partial charge in [-0.2, -0.15) is 0 Å². The van der Waals surface area contributed by atoms with Crippen LogP contribution in [0.5, 0.6) is 0 Å². The van der Waals surface area contributed by atoms with Crippen LogP contribution >= 0.6 is 12.4 Å². The van der Waals surface area contributed by atoms with E-state index in [2.05, 4.69) is 5.32 Å². The van der Waals surface area contributed by atoms with Gasteiger partial charge in [0.05, 0.1) is 6.67 Å². The van der Waals surface area contributed by atoms with E-state index in [1.165, 1.54) is 6.92 Å². The Kier molecular flexibility index (Phi) is 6.79. The Morgan fingerprint density at radius 1 is 1.20 bits per heavy atom. The molecule has 1 aliphatic rings. The van der Waals surface area contributed by atoms with Crippen LogP contribution in [0.2, 0.25) is 0 Å². The number of aryl methyl sites for hydroxylation is 1. The molecular weight excluding hydrogens is 289 g/mol. The van der Waals surface area contributed by atoms with Crippen LogP contribution in [0.15, 0.2) is 12.1 Å². The predicted molar refractivity (Wildman–Crippen MR) is 76.1 cm³/mol. The van der Waals surface area contributed by atoms with E-state index >= 15 is 0 Å². The van der Waals surface area contributed by atoms with E-state index in [4.69, 9.17) is 0 Å². The Labute approximate surface area is 123 Å². The van der Waals surface area contributed by atoms with Crippen LogP contribution in [0.25, 0.3) is 0 Å². The minimum absolute atomic E-state index is 0. The second-order valence-corrected chi connectivity index (χ2v) is 4.88. The minimum atomic E-state index is -0.836. The van der Waals surface area contributed by atoms with Gasteiger partial charge >= 0.3 is 0 Å². The minimum Gasteiger partial charge on any atom is -0.314 e. The molecule has 0 bridgehead atoms. The van der Waals surface area contributed by atoms with Crippen LogP contribution < -0.4 is 5.32 Å². The van der Waals surface area contributed by atoms with Crippen LogP contribution in [0.3, 0.4) is 0 Å². The Morgan fingerprint density at radius 3 is 2.45 bits per heavy atom. The van der Waals surface area contributed by atoms with Crippen LogP contribution in [0.4, 0.5) is 13.2 Å². The van der Waals surface area contributed by atoms with Crippen molar-refractivity contribution >= 4 is 12.4 Å². The third-order valence-corrected chi connectivity index (χ3v) is 3.64. The summed E-state index contributed by atoms with van der Waals surface area (Å²) in [6, 6.07) is 2.75. The van der Waals surface area contributed by atoms with Gasteiger partial charge in [0.2, 0.25) is 0 Å². The zero-order valence-electron chi connectivity index (χ0n) is 11.5. The van der Waals surface area contributed by atoms with Crippen LogP contribution in [0, 0.1) is 18.6 Å². The zero-order chi connectivity index (χ0) is 13.8. The summed E-state index contributed by atoms with van der Waals surface area (Å²) in [5.74, 6) is -1.66. The van der Waals surface area contributed by atoms with E-state index in [-0.39, 0.29) is 36.0 Å². The second-order valence-electron chi connectivity index (χ2n) is 4.88. The first-order valence-electron chi connectivity index (χ1n) is 6.60. The average molecular weight is 309 g/mol. The van der Waals surface area contributed by atoms with Gasteiger partial charge in [0.15, 0.2) is 11.6 Å². The number of halogens is 4. The van der Waals surface area contributed by atoms with Crippen molar-refractivity contribution in [1.82, 2.24) is 10.2 Å². The summed E-state index contributed by atoms with van der Waals surface area (Å²) >= 11 is 0. The van der Waals surface area contributed by atoms with Crippen LogP contribution in [0.1, 0.15) is 23.6 Å². The standard InChI is InChI=1S/C14H19F3N2.ClH/c1-10-2-3-11(14(17)13(10)16)12(4-5-15)19-8-6-18-7-9-19;/h2-3,12,18H,4-9H2,1H3;1H/t12-;/m1./s1. The largest absolute Gasteiger partial charge is 0.314 e. The van der Waals surface area contributed by atoms with Gasteiger partial charge in [0.1, 0.15) is 0 Å². The fourth-order valence-electron chi connectivity index (χ4n) is 2.55. The molecule has 0 radical (unpaired) electrons. The number of piperazine rings is 1. The topological polar surface area (TPSA) is 15.3 Å². The highest BCUT2D eigenvalue weighted by Crippen LogP contribution is 2.29. The zero-order valence-corrected chi connectivity index (χ0v) is 12.3. The first-order chi connectivity index (χ1) is 9.15. The number of benzene rings is 1. The van der Waals surface area contributed by atoms with Gasteiger partial charge in [-0.25, -0.2) is 8.78 Å². The number of nitrogens with one attached hydrogen (secondary N) is 1. The Hall–Kier alpha value is -0.780. The number of alkyl halides is 1. The average Bonchev–Trinajstić information content (AvgIpc) is 2.44. The summed E-state index contributed by atoms with van der Waals surface area (Å²) in [7, 11) is 0. The normalized spacial score (nSPS) is 17.6. The molecular formula is C14H20ClF3N2. The summed E-state index contributed by atoms with van der Waals surface area (Å²) in [4.78, 5) is 2.02. The van der Waals surface area contributed by atoms with Gasteiger partial charge in [-0.05, 0) is 18.9 Å². The molecule has 1 fully saturated rings. The molecule has 1 heterocycles. The predicted octanol–water partition coefficient (Wildman–Crippen LogP) is 3.00. The fraction of sp³-hybridized carbons (Fsp3) is 0.571. The Morgan fingerprint density at radius 2 is 1.85 bits per heavy atom. The molecule has 1 atom stereocenters. The third kappa shape index (κ3) is 3.65. The lowest BCUT2D eigenvalue weighted by atomic mass is 9.99. The maximum Gasteiger partial charge on any atom is 0.163 e. The molecule has 20 heavy (non-hydrogen) atoms. The molecule has 1 aromatic carbocycles. The molecule has 0 aromatic heterocycles. The lowest BCUT2D eigenvalue weighted by Gasteiger charge is -2.35. The molecule has 114 valence electrons. The van der Waals surface area contributed by atoms with Crippen LogP contribution in [-0.4, -0.2) is 37.8 Å². The van der Waals surface area contributed by atoms with Gasteiger partial charge < -0.3 is 5.32 Å². The second kappa shape index (κ2) is 7.86. The van der Waals surface area contributed by atoms with E-state index in [1.54, 1.807) is 12.1 Å². The van der Waals surface area contributed by atoms with E-state index in [0.717, 1.165) is 26.2 Å². The highest BCUT2D eigenvalue weighted by molar-refractivity contribution is 5.85. The molecule has 1 aliphatic heterocycles. The molecule has 1 saturated heterocycles. The maximum atomic E-state index is 14.1. The van der Waals surface area contributed by atoms with Crippen molar-refractivity contribution < 1.29 is 13.2 Å². The molecule has 0 saturated carbocycles. The van der Waals surface area contributed by atoms with Crippen LogP contribution in [-0.2, 0) is 0 Å². The number of rotatable bonds is 4. The van der Waals surface area contributed by atoms with Crippen molar-refractivity contribution in [1.29, 1.82) is 0 Å². The van der Waals surface area contributed by atoms with Crippen molar-refractivity contribution in [2.75, 3.05) is 32.9 Å². The van der Waals surface area contributed by atoms with Crippen molar-refractivity contribution in [2.24, 2.45) is 0 Å². The van der Waals surface area contributed by atoms with Gasteiger partial charge in [0.25, 0.3) is 0 Å². The molecule has 0 unspecified atom stereocenters.